The summed E-state index contributed by atoms with van der Waals surface area (Å²) in [7, 11) is 0. The maximum atomic E-state index is 12.6. The summed E-state index contributed by atoms with van der Waals surface area (Å²) in [5, 5.41) is 10.4. The molecule has 1 aromatic rings. The summed E-state index contributed by atoms with van der Waals surface area (Å²) in [5.41, 5.74) is -2.65. The van der Waals surface area contributed by atoms with Crippen molar-refractivity contribution in [2.45, 2.75) is 13.1 Å². The van der Waals surface area contributed by atoms with E-state index in [9.17, 15) is 28.1 Å². The second-order valence-electron chi connectivity index (χ2n) is 3.16. The van der Waals surface area contributed by atoms with Crippen molar-refractivity contribution in [1.29, 1.82) is 0 Å². The molecule has 0 aliphatic carbocycles. The number of hydrogen-bond donors (Lipinski definition) is 0. The van der Waals surface area contributed by atoms with Gasteiger partial charge in [-0.25, -0.2) is 0 Å². The largest absolute Gasteiger partial charge is 0.417 e. The molecule has 0 saturated carbocycles. The number of carbonyl (C=O) groups excluding carboxylic acids is 1. The standard InChI is InChI=1S/C9H5BrF3NO3/c1-4(15)8-6(9(11,12)13)2-5(14(16)17)3-7(8)10/h2-3H,1H3. The summed E-state index contributed by atoms with van der Waals surface area (Å²) in [6.07, 6.45) is -4.82. The van der Waals surface area contributed by atoms with Crippen LogP contribution in [0.4, 0.5) is 18.9 Å². The number of Topliss-reactive ketones (excluding diaryl/α,β-unsaturated/α-hetero) is 1. The Bertz CT molecular complexity index is 499. The van der Waals surface area contributed by atoms with Crippen LogP contribution in [0, 0.1) is 10.1 Å². The number of nitro groups is 1. The Labute approximate surface area is 102 Å². The van der Waals surface area contributed by atoms with E-state index >= 15 is 0 Å². The van der Waals surface area contributed by atoms with Gasteiger partial charge in [-0.3, -0.25) is 14.9 Å². The molecule has 0 N–H and O–H groups in total. The first-order valence-electron chi connectivity index (χ1n) is 4.20. The van der Waals surface area contributed by atoms with E-state index in [1.807, 2.05) is 0 Å². The fourth-order valence-electron chi connectivity index (χ4n) is 1.28. The number of non-ortho nitro benzene ring substituents is 1. The van der Waals surface area contributed by atoms with E-state index < -0.39 is 33.7 Å². The van der Waals surface area contributed by atoms with E-state index in [4.69, 9.17) is 0 Å². The molecular formula is C9H5BrF3NO3. The Morgan fingerprint density at radius 1 is 1.41 bits per heavy atom. The van der Waals surface area contributed by atoms with Crippen molar-refractivity contribution >= 4 is 27.4 Å². The molecule has 0 aromatic heterocycles. The molecule has 0 atom stereocenters. The maximum absolute atomic E-state index is 12.6. The minimum absolute atomic E-state index is 0.244. The molecule has 1 rings (SSSR count). The molecule has 0 bridgehead atoms. The summed E-state index contributed by atoms with van der Waals surface area (Å²) in [5.74, 6) is -0.820. The minimum Gasteiger partial charge on any atom is -0.294 e. The number of nitrogens with zero attached hydrogens (tertiary/aromatic N) is 1. The highest BCUT2D eigenvalue weighted by atomic mass is 79.9. The van der Waals surface area contributed by atoms with Crippen LogP contribution in [0.3, 0.4) is 0 Å². The topological polar surface area (TPSA) is 60.2 Å². The highest BCUT2D eigenvalue weighted by Crippen LogP contribution is 2.38. The zero-order chi connectivity index (χ0) is 13.4. The van der Waals surface area contributed by atoms with Crippen molar-refractivity contribution in [1.82, 2.24) is 0 Å². The van der Waals surface area contributed by atoms with Crippen LogP contribution in [-0.4, -0.2) is 10.7 Å². The number of alkyl halides is 3. The monoisotopic (exact) mass is 311 g/mol. The molecule has 8 heteroatoms. The van der Waals surface area contributed by atoms with Crippen LogP contribution >= 0.6 is 15.9 Å². The molecule has 0 heterocycles. The third kappa shape index (κ3) is 2.82. The van der Waals surface area contributed by atoms with Gasteiger partial charge in [-0.05, 0) is 22.9 Å². The van der Waals surface area contributed by atoms with Crippen LogP contribution in [0.25, 0.3) is 0 Å². The summed E-state index contributed by atoms with van der Waals surface area (Å²) in [4.78, 5) is 20.6. The summed E-state index contributed by atoms with van der Waals surface area (Å²) >= 11 is 2.73. The van der Waals surface area contributed by atoms with E-state index in [1.165, 1.54) is 0 Å². The Kier molecular flexibility index (Phi) is 3.56. The van der Waals surface area contributed by atoms with Gasteiger partial charge < -0.3 is 0 Å². The van der Waals surface area contributed by atoms with E-state index in [0.717, 1.165) is 13.0 Å². The van der Waals surface area contributed by atoms with Crippen LogP contribution in [0.15, 0.2) is 16.6 Å². The smallest absolute Gasteiger partial charge is 0.294 e. The van der Waals surface area contributed by atoms with Crippen molar-refractivity contribution in [2.75, 3.05) is 0 Å². The molecule has 17 heavy (non-hydrogen) atoms. The quantitative estimate of drug-likeness (QED) is 0.476. The van der Waals surface area contributed by atoms with Crippen LogP contribution in [0.1, 0.15) is 22.8 Å². The lowest BCUT2D eigenvalue weighted by molar-refractivity contribution is -0.385. The van der Waals surface area contributed by atoms with Gasteiger partial charge in [0.1, 0.15) is 0 Å². The second kappa shape index (κ2) is 4.44. The molecule has 0 unspecified atom stereocenters. The highest BCUT2D eigenvalue weighted by molar-refractivity contribution is 9.10. The second-order valence-corrected chi connectivity index (χ2v) is 4.02. The number of nitro benzene ring substituents is 1. The first-order valence-corrected chi connectivity index (χ1v) is 5.00. The van der Waals surface area contributed by atoms with Crippen molar-refractivity contribution in [2.24, 2.45) is 0 Å². The lowest BCUT2D eigenvalue weighted by Crippen LogP contribution is -2.13. The Hall–Kier alpha value is -1.44. The van der Waals surface area contributed by atoms with Gasteiger partial charge in [-0.1, -0.05) is 0 Å². The average molecular weight is 312 g/mol. The molecule has 0 aliphatic rings. The van der Waals surface area contributed by atoms with Gasteiger partial charge in [-0.15, -0.1) is 0 Å². The zero-order valence-corrected chi connectivity index (χ0v) is 9.92. The lowest BCUT2D eigenvalue weighted by Gasteiger charge is -2.12. The van der Waals surface area contributed by atoms with Gasteiger partial charge in [0.2, 0.25) is 0 Å². The van der Waals surface area contributed by atoms with Crippen LogP contribution in [-0.2, 0) is 6.18 Å². The normalized spacial score (nSPS) is 11.4. The maximum Gasteiger partial charge on any atom is 0.417 e. The Morgan fingerprint density at radius 3 is 2.29 bits per heavy atom. The molecule has 0 amide bonds. The number of benzene rings is 1. The summed E-state index contributed by atoms with van der Waals surface area (Å²) in [6.45, 7) is 0.959. The fraction of sp³-hybridized carbons (Fsp3) is 0.222. The first kappa shape index (κ1) is 13.6. The highest BCUT2D eigenvalue weighted by Gasteiger charge is 2.37. The molecular weight excluding hydrogens is 307 g/mol. The Morgan fingerprint density at radius 2 is 1.94 bits per heavy atom. The number of rotatable bonds is 2. The van der Waals surface area contributed by atoms with E-state index in [-0.39, 0.29) is 4.47 Å². The van der Waals surface area contributed by atoms with Crippen molar-refractivity contribution < 1.29 is 22.9 Å². The summed E-state index contributed by atoms with van der Waals surface area (Å²) in [6, 6.07) is 1.22. The van der Waals surface area contributed by atoms with Gasteiger partial charge in [0, 0.05) is 22.2 Å². The number of ketones is 1. The third-order valence-electron chi connectivity index (χ3n) is 1.94. The number of halogens is 4. The van der Waals surface area contributed by atoms with Crippen LogP contribution in [0.2, 0.25) is 0 Å². The van der Waals surface area contributed by atoms with Gasteiger partial charge in [0.05, 0.1) is 10.5 Å². The molecule has 0 radical (unpaired) electrons. The first-order chi connectivity index (χ1) is 7.64. The van der Waals surface area contributed by atoms with Gasteiger partial charge >= 0.3 is 6.18 Å². The SMILES string of the molecule is CC(=O)c1c(Br)cc([N+](=O)[O-])cc1C(F)(F)F. The third-order valence-corrected chi connectivity index (χ3v) is 2.57. The average Bonchev–Trinajstić information content (AvgIpc) is 2.14. The zero-order valence-electron chi connectivity index (χ0n) is 8.34. The van der Waals surface area contributed by atoms with Crippen molar-refractivity contribution in [3.05, 3.63) is 37.8 Å². The Balaban J connectivity index is 3.62. The predicted molar refractivity (Wildman–Crippen MR) is 55.8 cm³/mol. The summed E-state index contributed by atoms with van der Waals surface area (Å²) < 4.78 is 37.7. The molecule has 0 aliphatic heterocycles. The van der Waals surface area contributed by atoms with Crippen molar-refractivity contribution in [3.8, 4) is 0 Å². The minimum atomic E-state index is -4.82. The fourth-order valence-corrected chi connectivity index (χ4v) is 2.01. The van der Waals surface area contributed by atoms with Crippen LogP contribution in [0.5, 0.6) is 0 Å². The van der Waals surface area contributed by atoms with E-state index in [0.29, 0.717) is 6.07 Å². The predicted octanol–water partition coefficient (Wildman–Crippen LogP) is 3.58. The van der Waals surface area contributed by atoms with Gasteiger partial charge in [-0.2, -0.15) is 13.2 Å². The molecule has 92 valence electrons. The van der Waals surface area contributed by atoms with Gasteiger partial charge in [0.15, 0.2) is 5.78 Å². The lowest BCUT2D eigenvalue weighted by atomic mass is 10.0. The molecule has 0 saturated heterocycles. The molecule has 0 spiro atoms. The van der Waals surface area contributed by atoms with E-state index in [1.54, 1.807) is 0 Å². The number of hydrogen-bond acceptors (Lipinski definition) is 3. The molecule has 1 aromatic carbocycles. The molecule has 0 fully saturated rings. The van der Waals surface area contributed by atoms with E-state index in [2.05, 4.69) is 15.9 Å². The van der Waals surface area contributed by atoms with Crippen LogP contribution < -0.4 is 0 Å². The van der Waals surface area contributed by atoms with Gasteiger partial charge in [0.25, 0.3) is 5.69 Å². The number of carbonyl (C=O) groups is 1. The molecule has 4 nitrogen and oxygen atoms in total. The van der Waals surface area contributed by atoms with Crippen molar-refractivity contribution in [3.63, 3.8) is 0 Å².